The number of carbonyl (C=O) groups is 12. The van der Waals surface area contributed by atoms with Crippen LogP contribution < -0.4 is 21.3 Å². The lowest BCUT2D eigenvalue weighted by molar-refractivity contribution is -0.150. The minimum Gasteiger partial charge on any atom is -0.343 e. The highest BCUT2D eigenvalue weighted by molar-refractivity contribution is 6.30. The smallest absolute Gasteiger partial charge is 0.246 e. The molecule has 5 rings (SSSR count). The second-order valence-corrected chi connectivity index (χ2v) is 27.0. The van der Waals surface area contributed by atoms with Crippen molar-refractivity contribution in [2.45, 2.75) is 161 Å². The number of likely N-dealkylation sites (N-methyl/N-ethyl adjacent to an activating group) is 7. The molecule has 3 aromatic rings. The van der Waals surface area contributed by atoms with Crippen molar-refractivity contribution in [3.8, 4) is 0 Å². The van der Waals surface area contributed by atoms with Crippen LogP contribution in [0.15, 0.2) is 78.9 Å². The standard InChI is InChI=1S/C70H100ClFN12O12/c1-15-45(6)62-70(96)79(10)41-60(87)77(8)42-61(88)81(12)56(38-49-23-28-50(71)29-24-49)68(94)78(9)40-58(85)73-52(32-27-47-25-30-51(72)31-26-47)64(90)74-53(35-43(2)3)66(92)83(14)57(37-48-21-17-16-18-22-48)69(95)82(13)55(36-44(4)5)65(91)75-54(67(93)84-33-19-20-34-84)39-59(86)80(11)46(7)63(89)76-62/h16-18,21-26,28-31,43-46,52-57,62H,15,19-20,27,32-42H2,1-14H3,(H,73,85)(H,74,90)(H,75,91)(H,76,89)/t45-,46-,52-,53-,54?,55-,56-,57-,62-/m0/s1. The Bertz CT molecular complexity index is 3210. The van der Waals surface area contributed by atoms with Crippen LogP contribution in [0.25, 0.3) is 0 Å². The van der Waals surface area contributed by atoms with Gasteiger partial charge in [0.1, 0.15) is 54.2 Å². The first kappa shape index (κ1) is 78.2. The monoisotopic (exact) mass is 1350 g/mol. The van der Waals surface area contributed by atoms with Gasteiger partial charge >= 0.3 is 0 Å². The molecular weight excluding hydrogens is 1260 g/mol. The van der Waals surface area contributed by atoms with Crippen molar-refractivity contribution < 1.29 is 61.9 Å². The average Bonchev–Trinajstić information content (AvgIpc) is 1.14. The normalized spacial score (nSPS) is 23.8. The number of nitrogens with one attached hydrogen (secondary N) is 4. The molecule has 2 saturated heterocycles. The fourth-order valence-electron chi connectivity index (χ4n) is 11.6. The number of hydrogen-bond donors (Lipinski definition) is 4. The number of rotatable bonds is 14. The number of carbonyl (C=O) groups excluding carboxylic acids is 12. The predicted octanol–water partition coefficient (Wildman–Crippen LogP) is 3.70. The van der Waals surface area contributed by atoms with Gasteiger partial charge in [-0.25, -0.2) is 4.39 Å². The maximum absolute atomic E-state index is 15.5. The molecule has 2 fully saturated rings. The minimum atomic E-state index is -1.47. The first-order valence-electron chi connectivity index (χ1n) is 33.0. The van der Waals surface area contributed by atoms with Gasteiger partial charge in [0.15, 0.2) is 0 Å². The van der Waals surface area contributed by atoms with Crippen LogP contribution in [0.3, 0.4) is 0 Å². The molecule has 1 unspecified atom stereocenters. The third-order valence-electron chi connectivity index (χ3n) is 18.1. The molecule has 3 aromatic carbocycles. The highest BCUT2D eigenvalue weighted by Gasteiger charge is 2.42. The van der Waals surface area contributed by atoms with Crippen molar-refractivity contribution >= 4 is 82.5 Å². The summed E-state index contributed by atoms with van der Waals surface area (Å²) in [6.07, 6.45) is 1.20. The molecular formula is C70H100ClFN12O12. The molecule has 526 valence electrons. The van der Waals surface area contributed by atoms with Gasteiger partial charge in [-0.15, -0.1) is 0 Å². The summed E-state index contributed by atoms with van der Waals surface area (Å²) in [5.41, 5.74) is 1.84. The number of likely N-dealkylation sites (tertiary alicyclic amines) is 1. The second-order valence-electron chi connectivity index (χ2n) is 26.6. The predicted molar refractivity (Wildman–Crippen MR) is 361 cm³/mol. The Morgan fingerprint density at radius 3 is 1.66 bits per heavy atom. The van der Waals surface area contributed by atoms with Gasteiger partial charge in [0.25, 0.3) is 0 Å². The summed E-state index contributed by atoms with van der Waals surface area (Å²) in [4.78, 5) is 185. The Kier molecular flexibility index (Phi) is 29.8. The molecule has 0 saturated carbocycles. The molecule has 4 N–H and O–H groups in total. The van der Waals surface area contributed by atoms with E-state index in [2.05, 4.69) is 21.3 Å². The van der Waals surface area contributed by atoms with Gasteiger partial charge in [-0.3, -0.25) is 57.5 Å². The fourth-order valence-corrected chi connectivity index (χ4v) is 11.8. The molecule has 0 radical (unpaired) electrons. The summed E-state index contributed by atoms with van der Waals surface area (Å²) in [7, 11) is 9.63. The first-order valence-corrected chi connectivity index (χ1v) is 33.4. The zero-order chi connectivity index (χ0) is 71.4. The molecule has 24 nitrogen and oxygen atoms in total. The van der Waals surface area contributed by atoms with E-state index in [0.717, 1.165) is 24.5 Å². The molecule has 96 heavy (non-hydrogen) atoms. The van der Waals surface area contributed by atoms with E-state index < -0.39 is 157 Å². The quantitative estimate of drug-likeness (QED) is 0.180. The Hall–Kier alpha value is -8.48. The summed E-state index contributed by atoms with van der Waals surface area (Å²) in [5.74, 6) is -9.91. The fraction of sp³-hybridized carbons (Fsp3) is 0.571. The van der Waals surface area contributed by atoms with Gasteiger partial charge < -0.3 is 60.5 Å². The number of halogens is 2. The van der Waals surface area contributed by atoms with Crippen LogP contribution in [0.5, 0.6) is 0 Å². The van der Waals surface area contributed by atoms with E-state index >= 15 is 14.4 Å². The third-order valence-corrected chi connectivity index (χ3v) is 18.4. The van der Waals surface area contributed by atoms with Gasteiger partial charge in [-0.1, -0.05) is 114 Å². The SMILES string of the molecule is CC[C@H](C)[C@@H]1NC(=O)[C@H](C)N(C)C(=O)CC(C(=O)N2CCCC2)NC(=O)[C@H](CC(C)C)N(C)C(=O)[C@H](Cc2ccccc2)N(C)C(=O)[C@H](CC(C)C)NC(=O)[C@H](CCc2ccc(F)cc2)NC(=O)CN(C)C(=O)[C@H](Cc2ccc(Cl)cc2)N(C)C(=O)CN(C)C(=O)CN(C)C1=O. The van der Waals surface area contributed by atoms with Gasteiger partial charge in [0, 0.05) is 80.3 Å². The van der Waals surface area contributed by atoms with Crippen molar-refractivity contribution in [3.63, 3.8) is 0 Å². The molecule has 2 aliphatic heterocycles. The summed E-state index contributed by atoms with van der Waals surface area (Å²) in [6, 6.07) is 10.5. The maximum Gasteiger partial charge on any atom is 0.246 e. The van der Waals surface area contributed by atoms with Crippen molar-refractivity contribution in [3.05, 3.63) is 106 Å². The Morgan fingerprint density at radius 1 is 0.531 bits per heavy atom. The van der Waals surface area contributed by atoms with E-state index in [1.807, 2.05) is 27.7 Å². The first-order chi connectivity index (χ1) is 45.2. The van der Waals surface area contributed by atoms with Crippen LogP contribution >= 0.6 is 11.6 Å². The molecule has 0 aliphatic carbocycles. The van der Waals surface area contributed by atoms with Crippen LogP contribution in [0.1, 0.15) is 110 Å². The second kappa shape index (κ2) is 36.6. The molecule has 12 amide bonds. The lowest BCUT2D eigenvalue weighted by atomic mass is 9.97. The zero-order valence-electron chi connectivity index (χ0n) is 58.2. The van der Waals surface area contributed by atoms with Crippen LogP contribution in [0, 0.1) is 23.6 Å². The van der Waals surface area contributed by atoms with Crippen LogP contribution in [0.2, 0.25) is 5.02 Å². The van der Waals surface area contributed by atoms with E-state index in [0.29, 0.717) is 54.1 Å². The van der Waals surface area contributed by atoms with E-state index in [-0.39, 0.29) is 50.4 Å². The minimum absolute atomic E-state index is 0.0511. The summed E-state index contributed by atoms with van der Waals surface area (Å²) >= 11 is 6.23. The lowest BCUT2D eigenvalue weighted by Gasteiger charge is -2.37. The summed E-state index contributed by atoms with van der Waals surface area (Å²) in [6.45, 7) is 11.3. The molecule has 9 atom stereocenters. The number of aryl methyl sites for hydroxylation is 1. The molecule has 0 aromatic heterocycles. The van der Waals surface area contributed by atoms with Crippen molar-refractivity contribution in [2.75, 3.05) is 82.1 Å². The van der Waals surface area contributed by atoms with Crippen molar-refractivity contribution in [1.82, 2.24) is 60.5 Å². The molecule has 0 bridgehead atoms. The van der Waals surface area contributed by atoms with Crippen LogP contribution in [0.4, 0.5) is 4.39 Å². The van der Waals surface area contributed by atoms with Crippen LogP contribution in [-0.2, 0) is 76.8 Å². The lowest BCUT2D eigenvalue weighted by Crippen LogP contribution is -2.61. The van der Waals surface area contributed by atoms with E-state index in [4.69, 9.17) is 11.6 Å². The van der Waals surface area contributed by atoms with Gasteiger partial charge in [-0.05, 0) is 104 Å². The van der Waals surface area contributed by atoms with E-state index in [9.17, 15) is 47.5 Å². The number of hydrogen-bond acceptors (Lipinski definition) is 12. The van der Waals surface area contributed by atoms with Crippen molar-refractivity contribution in [1.29, 1.82) is 0 Å². The van der Waals surface area contributed by atoms with E-state index in [1.165, 1.54) is 90.3 Å². The van der Waals surface area contributed by atoms with Crippen LogP contribution in [-0.4, -0.2) is 240 Å². The topological polar surface area (TPSA) is 279 Å². The number of benzene rings is 3. The van der Waals surface area contributed by atoms with Crippen molar-refractivity contribution in [2.24, 2.45) is 17.8 Å². The molecule has 2 heterocycles. The van der Waals surface area contributed by atoms with Gasteiger partial charge in [-0.2, -0.15) is 0 Å². The summed E-state index contributed by atoms with van der Waals surface area (Å²) in [5, 5.41) is 11.6. The Labute approximate surface area is 569 Å². The molecule has 26 heteroatoms. The number of amides is 12. The third kappa shape index (κ3) is 22.3. The largest absolute Gasteiger partial charge is 0.343 e. The highest BCUT2D eigenvalue weighted by Crippen LogP contribution is 2.23. The molecule has 2 aliphatic rings. The highest BCUT2D eigenvalue weighted by atomic mass is 35.5. The van der Waals surface area contributed by atoms with Gasteiger partial charge in [0.05, 0.1) is 26.1 Å². The zero-order valence-corrected chi connectivity index (χ0v) is 59.0. The average molecular weight is 1360 g/mol. The number of nitrogens with zero attached hydrogens (tertiary/aromatic N) is 8. The summed E-state index contributed by atoms with van der Waals surface area (Å²) < 4.78 is 14.1. The maximum atomic E-state index is 15.5. The van der Waals surface area contributed by atoms with Gasteiger partial charge in [0.2, 0.25) is 70.9 Å². The Morgan fingerprint density at radius 2 is 1.07 bits per heavy atom. The Balaban J connectivity index is 1.62. The van der Waals surface area contributed by atoms with E-state index in [1.54, 1.807) is 73.3 Å². The molecule has 0 spiro atoms.